The van der Waals surface area contributed by atoms with Crippen molar-refractivity contribution in [2.24, 2.45) is 0 Å². The van der Waals surface area contributed by atoms with E-state index >= 15 is 0 Å². The highest BCUT2D eigenvalue weighted by molar-refractivity contribution is 7.89. The number of nitrogens with zero attached hydrogens (tertiary/aromatic N) is 1. The maximum atomic E-state index is 13.4. The Labute approximate surface area is 165 Å². The summed E-state index contributed by atoms with van der Waals surface area (Å²) >= 11 is 0. The minimum absolute atomic E-state index is 0.0419. The number of ether oxygens (including phenoxy) is 2. The van der Waals surface area contributed by atoms with Gasteiger partial charge in [-0.2, -0.15) is 4.31 Å². The van der Waals surface area contributed by atoms with E-state index in [0.717, 1.165) is 5.56 Å². The molecular formula is C20H24N2O5S. The number of hydrogen-bond donors (Lipinski definition) is 1. The molecule has 28 heavy (non-hydrogen) atoms. The van der Waals surface area contributed by atoms with Crippen molar-refractivity contribution in [2.75, 3.05) is 14.2 Å². The molecule has 0 aromatic heterocycles. The van der Waals surface area contributed by atoms with Gasteiger partial charge in [0, 0.05) is 18.7 Å². The zero-order valence-corrected chi connectivity index (χ0v) is 17.1. The van der Waals surface area contributed by atoms with E-state index in [2.05, 4.69) is 5.32 Å². The van der Waals surface area contributed by atoms with Crippen LogP contribution >= 0.6 is 0 Å². The molecule has 0 spiro atoms. The molecule has 0 saturated carbocycles. The maximum absolute atomic E-state index is 13.4. The fourth-order valence-electron chi connectivity index (χ4n) is 3.33. The monoisotopic (exact) mass is 404 g/mol. The van der Waals surface area contributed by atoms with Crippen LogP contribution in [-0.4, -0.2) is 38.9 Å². The van der Waals surface area contributed by atoms with Gasteiger partial charge >= 0.3 is 0 Å². The molecule has 7 nitrogen and oxygen atoms in total. The maximum Gasteiger partial charge on any atom is 0.244 e. The second kappa shape index (κ2) is 7.81. The van der Waals surface area contributed by atoms with Gasteiger partial charge in [0.2, 0.25) is 15.9 Å². The molecule has 1 N–H and O–H groups in total. The van der Waals surface area contributed by atoms with Crippen LogP contribution in [0.5, 0.6) is 11.5 Å². The van der Waals surface area contributed by atoms with Gasteiger partial charge in [-0.05, 0) is 37.1 Å². The predicted molar refractivity (Wildman–Crippen MR) is 105 cm³/mol. The van der Waals surface area contributed by atoms with Gasteiger partial charge in [0.1, 0.15) is 6.04 Å². The first-order chi connectivity index (χ1) is 13.3. The topological polar surface area (TPSA) is 84.9 Å². The quantitative estimate of drug-likeness (QED) is 0.800. The summed E-state index contributed by atoms with van der Waals surface area (Å²) in [6.07, 6.45) is 0. The second-order valence-corrected chi connectivity index (χ2v) is 8.72. The molecule has 1 unspecified atom stereocenters. The van der Waals surface area contributed by atoms with Crippen molar-refractivity contribution >= 4 is 15.9 Å². The van der Waals surface area contributed by atoms with Crippen LogP contribution in [0.15, 0.2) is 47.4 Å². The third-order valence-electron chi connectivity index (χ3n) is 4.60. The van der Waals surface area contributed by atoms with E-state index < -0.39 is 16.1 Å². The first kappa shape index (κ1) is 20.2. The normalized spacial score (nSPS) is 16.7. The number of amides is 1. The number of benzene rings is 2. The number of carbonyl (C=O) groups is 1. The summed E-state index contributed by atoms with van der Waals surface area (Å²) in [6.45, 7) is 3.81. The molecule has 0 fully saturated rings. The molecule has 0 bridgehead atoms. The second-order valence-electron chi connectivity index (χ2n) is 6.83. The lowest BCUT2D eigenvalue weighted by Crippen LogP contribution is -2.42. The van der Waals surface area contributed by atoms with Gasteiger partial charge in [-0.1, -0.05) is 24.3 Å². The van der Waals surface area contributed by atoms with Gasteiger partial charge < -0.3 is 14.8 Å². The molecular weight excluding hydrogens is 380 g/mol. The summed E-state index contributed by atoms with van der Waals surface area (Å²) in [5.41, 5.74) is 1.51. The van der Waals surface area contributed by atoms with Gasteiger partial charge in [0.05, 0.1) is 19.1 Å². The lowest BCUT2D eigenvalue weighted by molar-refractivity contribution is -0.125. The first-order valence-electron chi connectivity index (χ1n) is 8.91. The first-order valence-corrected chi connectivity index (χ1v) is 10.4. The van der Waals surface area contributed by atoms with E-state index in [1.807, 2.05) is 26.0 Å². The van der Waals surface area contributed by atoms with Crippen molar-refractivity contribution in [1.82, 2.24) is 9.62 Å². The van der Waals surface area contributed by atoms with Crippen LogP contribution in [-0.2, 0) is 21.4 Å². The number of fused-ring (bicyclic) bond motifs is 1. The van der Waals surface area contributed by atoms with E-state index in [1.54, 1.807) is 12.1 Å². The summed E-state index contributed by atoms with van der Waals surface area (Å²) in [7, 11) is -1.03. The van der Waals surface area contributed by atoms with E-state index in [4.69, 9.17) is 9.47 Å². The van der Waals surface area contributed by atoms with Crippen LogP contribution in [0.4, 0.5) is 0 Å². The number of hydrogen-bond acceptors (Lipinski definition) is 5. The summed E-state index contributed by atoms with van der Waals surface area (Å²) < 4.78 is 38.5. The van der Waals surface area contributed by atoms with Crippen LogP contribution in [0.3, 0.4) is 0 Å². The molecule has 2 aromatic rings. The minimum atomic E-state index is -3.96. The van der Waals surface area contributed by atoms with E-state index in [0.29, 0.717) is 17.1 Å². The highest BCUT2D eigenvalue weighted by Crippen LogP contribution is 2.39. The predicted octanol–water partition coefficient (Wildman–Crippen LogP) is 2.47. The summed E-state index contributed by atoms with van der Waals surface area (Å²) in [4.78, 5) is 12.9. The largest absolute Gasteiger partial charge is 0.493 e. The van der Waals surface area contributed by atoms with E-state index in [9.17, 15) is 13.2 Å². The number of nitrogens with one attached hydrogen (secondary N) is 1. The molecule has 1 heterocycles. The van der Waals surface area contributed by atoms with Crippen molar-refractivity contribution < 1.29 is 22.7 Å². The molecule has 3 rings (SSSR count). The number of carbonyl (C=O) groups excluding carboxylic acids is 1. The lowest BCUT2D eigenvalue weighted by Gasteiger charge is -2.25. The highest BCUT2D eigenvalue weighted by Gasteiger charge is 2.43. The molecule has 8 heteroatoms. The Morgan fingerprint density at radius 2 is 1.79 bits per heavy atom. The Kier molecular flexibility index (Phi) is 5.62. The lowest BCUT2D eigenvalue weighted by atomic mass is 10.0. The summed E-state index contributed by atoms with van der Waals surface area (Å²) in [6, 6.07) is 10.7. The molecule has 1 atom stereocenters. The minimum Gasteiger partial charge on any atom is -0.493 e. The van der Waals surface area contributed by atoms with Gasteiger partial charge in [-0.15, -0.1) is 0 Å². The molecule has 2 aromatic carbocycles. The Morgan fingerprint density at radius 1 is 1.11 bits per heavy atom. The van der Waals surface area contributed by atoms with Crippen molar-refractivity contribution in [3.8, 4) is 11.5 Å². The summed E-state index contributed by atoms with van der Waals surface area (Å²) in [5, 5.41) is 2.83. The Hall–Kier alpha value is -2.58. The van der Waals surface area contributed by atoms with Crippen molar-refractivity contribution in [1.29, 1.82) is 0 Å². The molecule has 1 amide bonds. The van der Waals surface area contributed by atoms with Crippen LogP contribution in [0.25, 0.3) is 0 Å². The van der Waals surface area contributed by atoms with E-state index in [1.165, 1.54) is 36.7 Å². The molecule has 1 aliphatic rings. The third kappa shape index (κ3) is 3.57. The third-order valence-corrected chi connectivity index (χ3v) is 6.41. The van der Waals surface area contributed by atoms with Gasteiger partial charge in [-0.3, -0.25) is 4.79 Å². The highest BCUT2D eigenvalue weighted by atomic mass is 32.2. The fraction of sp³-hybridized carbons (Fsp3) is 0.350. The molecule has 150 valence electrons. The summed E-state index contributed by atoms with van der Waals surface area (Å²) in [5.74, 6) is 0.396. The number of rotatable bonds is 6. The van der Waals surface area contributed by atoms with Crippen molar-refractivity contribution in [3.63, 3.8) is 0 Å². The standard InChI is InChI=1S/C20H24N2O5S/c1-13(2)21-20(23)19-16-8-6-5-7-14(16)12-22(19)28(24,25)15-9-10-17(26-3)18(11-15)27-4/h5-11,13,19H,12H2,1-4H3,(H,21,23). The van der Waals surface area contributed by atoms with Crippen LogP contribution in [0.2, 0.25) is 0 Å². The zero-order valence-electron chi connectivity index (χ0n) is 16.3. The Bertz CT molecular complexity index is 988. The van der Waals surface area contributed by atoms with Crippen LogP contribution < -0.4 is 14.8 Å². The fourth-order valence-corrected chi connectivity index (χ4v) is 4.89. The van der Waals surface area contributed by atoms with Gasteiger partial charge in [-0.25, -0.2) is 8.42 Å². The van der Waals surface area contributed by atoms with Crippen molar-refractivity contribution in [3.05, 3.63) is 53.6 Å². The van der Waals surface area contributed by atoms with Crippen LogP contribution in [0.1, 0.15) is 31.0 Å². The molecule has 0 saturated heterocycles. The van der Waals surface area contributed by atoms with Gasteiger partial charge in [0.15, 0.2) is 11.5 Å². The average molecular weight is 404 g/mol. The van der Waals surface area contributed by atoms with E-state index in [-0.39, 0.29) is 23.4 Å². The molecule has 1 aliphatic heterocycles. The average Bonchev–Trinajstić information content (AvgIpc) is 3.07. The van der Waals surface area contributed by atoms with Crippen LogP contribution in [0, 0.1) is 0 Å². The number of methoxy groups -OCH3 is 2. The van der Waals surface area contributed by atoms with Crippen molar-refractivity contribution in [2.45, 2.75) is 37.4 Å². The smallest absolute Gasteiger partial charge is 0.244 e. The molecule has 0 radical (unpaired) electrons. The Balaban J connectivity index is 2.06. The molecule has 0 aliphatic carbocycles. The Morgan fingerprint density at radius 3 is 2.43 bits per heavy atom. The SMILES string of the molecule is COc1ccc(S(=O)(=O)N2Cc3ccccc3C2C(=O)NC(C)C)cc1OC. The zero-order chi connectivity index (χ0) is 20.5. The number of sulfonamides is 1. The van der Waals surface area contributed by atoms with Gasteiger partial charge in [0.25, 0.3) is 0 Å².